The van der Waals surface area contributed by atoms with Crippen LogP contribution in [0.2, 0.25) is 0 Å². The second-order valence-corrected chi connectivity index (χ2v) is 7.41. The number of nitrogens with zero attached hydrogens (tertiary/aromatic N) is 1. The normalized spacial score (nSPS) is 21.6. The van der Waals surface area contributed by atoms with E-state index in [9.17, 15) is 19.2 Å². The zero-order chi connectivity index (χ0) is 18.6. The number of hydrogen-bond acceptors (Lipinski definition) is 6. The van der Waals surface area contributed by atoms with Crippen LogP contribution in [0.1, 0.15) is 25.8 Å². The van der Waals surface area contributed by atoms with Crippen molar-refractivity contribution in [3.63, 3.8) is 0 Å². The summed E-state index contributed by atoms with van der Waals surface area (Å²) in [6.07, 6.45) is 2.79. The van der Waals surface area contributed by atoms with Crippen molar-refractivity contribution in [3.05, 3.63) is 32.6 Å². The number of nitrogens with one attached hydrogen (secondary N) is 1. The minimum Gasteiger partial charge on any atom is -0.466 e. The number of halogens is 1. The van der Waals surface area contributed by atoms with Crippen molar-refractivity contribution >= 4 is 34.5 Å². The number of carbonyl (C=O) groups is 2. The fourth-order valence-electron chi connectivity index (χ4n) is 2.84. The molecule has 0 aromatic carbocycles. The molecule has 1 aromatic heterocycles. The molecule has 0 saturated heterocycles. The number of ether oxygens (including phenoxy) is 2. The SMILES string of the molecule is CC(=O)OCC1CC1(COC(C)=O)Cn1cc(CCI)c(=O)[nH]c1=O. The molecule has 8 nitrogen and oxygen atoms in total. The summed E-state index contributed by atoms with van der Waals surface area (Å²) >= 11 is 2.16. The molecular weight excluding hydrogens is 443 g/mol. The molecule has 138 valence electrons. The van der Waals surface area contributed by atoms with E-state index in [1.807, 2.05) is 0 Å². The van der Waals surface area contributed by atoms with E-state index in [4.69, 9.17) is 9.47 Å². The first-order valence-corrected chi connectivity index (χ1v) is 9.45. The van der Waals surface area contributed by atoms with Gasteiger partial charge in [0.25, 0.3) is 5.56 Å². The van der Waals surface area contributed by atoms with Gasteiger partial charge in [-0.3, -0.25) is 23.9 Å². The average Bonchev–Trinajstić information content (AvgIpc) is 3.21. The van der Waals surface area contributed by atoms with Gasteiger partial charge in [0.15, 0.2) is 0 Å². The lowest BCUT2D eigenvalue weighted by Crippen LogP contribution is -2.35. The van der Waals surface area contributed by atoms with Crippen molar-refractivity contribution in [3.8, 4) is 0 Å². The van der Waals surface area contributed by atoms with Crippen LogP contribution in [0.4, 0.5) is 0 Å². The van der Waals surface area contributed by atoms with Crippen LogP contribution in [0, 0.1) is 11.3 Å². The summed E-state index contributed by atoms with van der Waals surface area (Å²) in [5.74, 6) is -0.779. The lowest BCUT2D eigenvalue weighted by molar-refractivity contribution is -0.145. The fraction of sp³-hybridized carbons (Fsp3) is 0.625. The average molecular weight is 464 g/mol. The maximum atomic E-state index is 12.1. The second-order valence-electron chi connectivity index (χ2n) is 6.33. The number of hydrogen-bond donors (Lipinski definition) is 1. The molecule has 0 spiro atoms. The van der Waals surface area contributed by atoms with Crippen molar-refractivity contribution in [2.75, 3.05) is 17.6 Å². The molecule has 1 heterocycles. The number of alkyl halides is 1. The van der Waals surface area contributed by atoms with E-state index in [1.54, 1.807) is 6.20 Å². The van der Waals surface area contributed by atoms with Gasteiger partial charge in [0.2, 0.25) is 0 Å². The number of carbonyl (C=O) groups excluding carboxylic acids is 2. The Labute approximate surface area is 158 Å². The molecule has 2 rings (SSSR count). The minimum absolute atomic E-state index is 0.00241. The Kier molecular flexibility index (Phi) is 6.42. The van der Waals surface area contributed by atoms with Crippen molar-refractivity contribution in [1.29, 1.82) is 0 Å². The maximum Gasteiger partial charge on any atom is 0.328 e. The third-order valence-electron chi connectivity index (χ3n) is 4.34. The van der Waals surface area contributed by atoms with E-state index >= 15 is 0 Å². The zero-order valence-corrected chi connectivity index (χ0v) is 16.3. The summed E-state index contributed by atoms with van der Waals surface area (Å²) in [6.45, 7) is 3.30. The van der Waals surface area contributed by atoms with Crippen LogP contribution in [0.5, 0.6) is 0 Å². The van der Waals surface area contributed by atoms with E-state index in [-0.39, 0.29) is 37.2 Å². The molecule has 2 atom stereocenters. The Hall–Kier alpha value is -1.65. The molecule has 0 radical (unpaired) electrons. The summed E-state index contributed by atoms with van der Waals surface area (Å²) in [7, 11) is 0. The Morgan fingerprint density at radius 1 is 1.32 bits per heavy atom. The van der Waals surface area contributed by atoms with E-state index in [0.717, 1.165) is 4.43 Å². The number of aromatic amines is 1. The largest absolute Gasteiger partial charge is 0.466 e. The van der Waals surface area contributed by atoms with Gasteiger partial charge in [-0.15, -0.1) is 0 Å². The van der Waals surface area contributed by atoms with Crippen LogP contribution in [0.15, 0.2) is 15.8 Å². The first-order chi connectivity index (χ1) is 11.8. The first-order valence-electron chi connectivity index (χ1n) is 7.93. The fourth-order valence-corrected chi connectivity index (χ4v) is 3.42. The Balaban J connectivity index is 2.21. The van der Waals surface area contributed by atoms with E-state index in [2.05, 4.69) is 27.6 Å². The highest BCUT2D eigenvalue weighted by atomic mass is 127. The lowest BCUT2D eigenvalue weighted by Gasteiger charge is -2.19. The molecule has 0 amide bonds. The molecule has 1 fully saturated rings. The third-order valence-corrected chi connectivity index (χ3v) is 4.88. The molecule has 0 bridgehead atoms. The van der Waals surface area contributed by atoms with Crippen LogP contribution < -0.4 is 11.2 Å². The summed E-state index contributed by atoms with van der Waals surface area (Å²) in [5, 5.41) is 0. The van der Waals surface area contributed by atoms with Gasteiger partial charge < -0.3 is 9.47 Å². The monoisotopic (exact) mass is 464 g/mol. The second kappa shape index (κ2) is 8.15. The molecule has 1 aliphatic carbocycles. The van der Waals surface area contributed by atoms with Crippen molar-refractivity contribution < 1.29 is 19.1 Å². The molecule has 0 aliphatic heterocycles. The third kappa shape index (κ3) is 5.16. The van der Waals surface area contributed by atoms with Gasteiger partial charge in [-0.05, 0) is 12.8 Å². The highest BCUT2D eigenvalue weighted by Gasteiger charge is 2.56. The van der Waals surface area contributed by atoms with Crippen molar-refractivity contribution in [2.24, 2.45) is 11.3 Å². The molecule has 1 aromatic rings. The number of aromatic nitrogens is 2. The number of aryl methyl sites for hydroxylation is 1. The highest BCUT2D eigenvalue weighted by Crippen LogP contribution is 2.54. The van der Waals surface area contributed by atoms with Gasteiger partial charge in [-0.2, -0.15) is 0 Å². The standard InChI is InChI=1S/C16H21IN2O6/c1-10(20)24-7-13-5-16(13,9-25-11(2)21)8-19-6-12(3-4-17)14(22)18-15(19)23/h6,13H,3-5,7-9H2,1-2H3,(H,18,22,23). The summed E-state index contributed by atoms with van der Waals surface area (Å²) in [4.78, 5) is 48.5. The minimum atomic E-state index is -0.498. The lowest BCUT2D eigenvalue weighted by atomic mass is 10.1. The Bertz CT molecular complexity index is 771. The Morgan fingerprint density at radius 2 is 2.00 bits per heavy atom. The van der Waals surface area contributed by atoms with Crippen molar-refractivity contribution in [1.82, 2.24) is 9.55 Å². The quantitative estimate of drug-likeness (QED) is 0.344. The van der Waals surface area contributed by atoms with Crippen LogP contribution in [-0.2, 0) is 32.0 Å². The molecule has 1 N–H and O–H groups in total. The van der Waals surface area contributed by atoms with Gasteiger partial charge >= 0.3 is 17.6 Å². The molecule has 1 aliphatic rings. The van der Waals surface area contributed by atoms with Crippen LogP contribution in [0.25, 0.3) is 0 Å². The summed E-state index contributed by atoms with van der Waals surface area (Å²) in [6, 6.07) is 0. The van der Waals surface area contributed by atoms with Gasteiger partial charge in [0.05, 0.1) is 13.2 Å². The first kappa shape index (κ1) is 19.7. The summed E-state index contributed by atoms with van der Waals surface area (Å²) in [5.41, 5.74) is -0.805. The molecular formula is C16H21IN2O6. The van der Waals surface area contributed by atoms with E-state index in [1.165, 1.54) is 18.4 Å². The molecule has 25 heavy (non-hydrogen) atoms. The number of H-pyrrole nitrogens is 1. The molecule has 9 heteroatoms. The van der Waals surface area contributed by atoms with E-state index in [0.29, 0.717) is 18.4 Å². The van der Waals surface area contributed by atoms with E-state index < -0.39 is 17.1 Å². The van der Waals surface area contributed by atoms with Crippen LogP contribution >= 0.6 is 22.6 Å². The van der Waals surface area contributed by atoms with Crippen LogP contribution in [0.3, 0.4) is 0 Å². The van der Waals surface area contributed by atoms with Gasteiger partial charge in [-0.1, -0.05) is 22.6 Å². The Morgan fingerprint density at radius 3 is 2.60 bits per heavy atom. The molecule has 2 unspecified atom stereocenters. The number of esters is 2. The summed E-state index contributed by atoms with van der Waals surface area (Å²) < 4.78 is 12.4. The topological polar surface area (TPSA) is 107 Å². The van der Waals surface area contributed by atoms with Gasteiger partial charge in [-0.25, -0.2) is 4.79 Å². The predicted molar refractivity (Wildman–Crippen MR) is 97.7 cm³/mol. The van der Waals surface area contributed by atoms with Gasteiger partial charge in [0, 0.05) is 47.9 Å². The molecule has 1 saturated carbocycles. The van der Waals surface area contributed by atoms with Gasteiger partial charge in [0.1, 0.15) is 0 Å². The van der Waals surface area contributed by atoms with Crippen LogP contribution in [-0.4, -0.2) is 39.1 Å². The predicted octanol–water partition coefficient (Wildman–Crippen LogP) is 0.647. The smallest absolute Gasteiger partial charge is 0.328 e. The maximum absolute atomic E-state index is 12.1. The number of rotatable bonds is 8. The van der Waals surface area contributed by atoms with Crippen molar-refractivity contribution in [2.45, 2.75) is 33.2 Å². The highest BCUT2D eigenvalue weighted by molar-refractivity contribution is 14.1. The zero-order valence-electron chi connectivity index (χ0n) is 14.2.